The van der Waals surface area contributed by atoms with Crippen LogP contribution in [-0.4, -0.2) is 24.8 Å². The molecule has 4 nitrogen and oxygen atoms in total. The van der Waals surface area contributed by atoms with Crippen LogP contribution in [0.15, 0.2) is 4.90 Å². The summed E-state index contributed by atoms with van der Waals surface area (Å²) in [6, 6.07) is 0. The van der Waals surface area contributed by atoms with E-state index < -0.39 is 25.9 Å². The van der Waals surface area contributed by atoms with Gasteiger partial charge < -0.3 is 4.74 Å². The van der Waals surface area contributed by atoms with Gasteiger partial charge in [-0.25, -0.2) is 8.42 Å². The molecule has 0 saturated heterocycles. The van der Waals surface area contributed by atoms with Crippen LogP contribution < -0.4 is 4.74 Å². The molecule has 0 unspecified atom stereocenters. The van der Waals surface area contributed by atoms with Gasteiger partial charge in [-0.15, -0.1) is 0 Å². The summed E-state index contributed by atoms with van der Waals surface area (Å²) in [7, 11) is 1.02. The molecule has 1 aromatic heterocycles. The van der Waals surface area contributed by atoms with Gasteiger partial charge >= 0.3 is 5.38 Å². The molecule has 0 aliphatic rings. The zero-order valence-electron chi connectivity index (χ0n) is 7.71. The van der Waals surface area contributed by atoms with Crippen LogP contribution in [0.25, 0.3) is 0 Å². The van der Waals surface area contributed by atoms with E-state index in [0.717, 1.165) is 0 Å². The Morgan fingerprint density at radius 3 is 2.56 bits per heavy atom. The van der Waals surface area contributed by atoms with Gasteiger partial charge in [-0.3, -0.25) is 0 Å². The van der Waals surface area contributed by atoms with Gasteiger partial charge in [-0.05, 0) is 18.5 Å². The first kappa shape index (κ1) is 13.9. The highest BCUT2D eigenvalue weighted by molar-refractivity contribution is 8.14. The number of hydrogen-bond acceptors (Lipinski definition) is 5. The van der Waals surface area contributed by atoms with Crippen molar-refractivity contribution in [3.63, 3.8) is 0 Å². The third-order valence-electron chi connectivity index (χ3n) is 1.39. The van der Waals surface area contributed by atoms with Gasteiger partial charge in [0.1, 0.15) is 0 Å². The van der Waals surface area contributed by atoms with Crippen molar-refractivity contribution in [2.24, 2.45) is 0 Å². The first-order valence-corrected chi connectivity index (χ1v) is 7.18. The molecular weight excluding hydrogens is 307 g/mol. The van der Waals surface area contributed by atoms with Gasteiger partial charge in [0, 0.05) is 22.2 Å². The molecular formula is C6H5Cl2F2NO3S2. The average molecular weight is 312 g/mol. The molecule has 0 N–H and O–H groups in total. The monoisotopic (exact) mass is 311 g/mol. The summed E-state index contributed by atoms with van der Waals surface area (Å²) < 4.78 is 55.0. The Morgan fingerprint density at radius 1 is 1.56 bits per heavy atom. The fourth-order valence-corrected chi connectivity index (χ4v) is 3.40. The van der Waals surface area contributed by atoms with Crippen molar-refractivity contribution >= 4 is 42.9 Å². The van der Waals surface area contributed by atoms with E-state index in [1.165, 1.54) is 6.92 Å². The predicted octanol–water partition coefficient (Wildman–Crippen LogP) is 2.59. The topological polar surface area (TPSA) is 56.3 Å². The van der Waals surface area contributed by atoms with Crippen molar-refractivity contribution < 1.29 is 21.9 Å². The second-order valence-corrected chi connectivity index (χ2v) is 6.52. The number of alkyl halides is 3. The second kappa shape index (κ2) is 4.59. The Hall–Kier alpha value is -0.180. The van der Waals surface area contributed by atoms with E-state index >= 15 is 0 Å². The third-order valence-corrected chi connectivity index (χ3v) is 3.91. The number of hydrogen-bond donors (Lipinski definition) is 0. The number of aromatic nitrogens is 1. The summed E-state index contributed by atoms with van der Waals surface area (Å²) >= 11 is 5.22. The molecule has 16 heavy (non-hydrogen) atoms. The number of nitrogens with zero attached hydrogens (tertiary/aromatic N) is 1. The minimum absolute atomic E-state index is 0.0906. The summed E-state index contributed by atoms with van der Waals surface area (Å²) in [4.78, 5) is -0.403. The third kappa shape index (κ3) is 3.69. The van der Waals surface area contributed by atoms with Crippen molar-refractivity contribution in [1.29, 1.82) is 0 Å². The van der Waals surface area contributed by atoms with Crippen molar-refractivity contribution in [3.8, 4) is 5.06 Å². The molecule has 0 spiro atoms. The molecule has 92 valence electrons. The lowest BCUT2D eigenvalue weighted by molar-refractivity contribution is 0.0398. The number of ether oxygens (including phenoxy) is 1. The molecule has 1 rings (SSSR count). The van der Waals surface area contributed by atoms with Gasteiger partial charge in [0.05, 0.1) is 5.69 Å². The highest BCUT2D eigenvalue weighted by Gasteiger charge is 2.29. The quantitative estimate of drug-likeness (QED) is 0.633. The summed E-state index contributed by atoms with van der Waals surface area (Å²) in [5, 5.41) is -3.88. The lowest BCUT2D eigenvalue weighted by Crippen LogP contribution is -2.18. The Morgan fingerprint density at radius 2 is 2.12 bits per heavy atom. The molecule has 0 bridgehead atoms. The fourth-order valence-electron chi connectivity index (χ4n) is 0.856. The Balaban J connectivity index is 2.99. The van der Waals surface area contributed by atoms with Gasteiger partial charge in [-0.1, -0.05) is 0 Å². The predicted molar refractivity (Wildman–Crippen MR) is 56.2 cm³/mol. The first-order valence-electron chi connectivity index (χ1n) is 3.72. The zero-order chi connectivity index (χ0) is 12.6. The molecule has 0 saturated carbocycles. The molecule has 0 aliphatic carbocycles. The molecule has 1 heterocycles. The Bertz CT molecular complexity index is 482. The first-order chi connectivity index (χ1) is 7.11. The molecule has 0 amide bonds. The van der Waals surface area contributed by atoms with E-state index in [1.54, 1.807) is 0 Å². The average Bonchev–Trinajstić information content (AvgIpc) is 2.41. The Kier molecular flexibility index (Phi) is 3.99. The highest BCUT2D eigenvalue weighted by Crippen LogP contribution is 2.35. The van der Waals surface area contributed by atoms with Crippen molar-refractivity contribution in [1.82, 2.24) is 4.37 Å². The van der Waals surface area contributed by atoms with Crippen LogP contribution >= 0.6 is 33.8 Å². The van der Waals surface area contributed by atoms with Crippen molar-refractivity contribution in [2.75, 3.05) is 6.61 Å². The molecule has 0 aliphatic heterocycles. The SMILES string of the molecule is Cc1nsc(OCC(F)(F)Cl)c1S(=O)(=O)Cl. The van der Waals surface area contributed by atoms with Crippen LogP contribution in [0.4, 0.5) is 8.78 Å². The fraction of sp³-hybridized carbons (Fsp3) is 0.500. The van der Waals surface area contributed by atoms with E-state index in [2.05, 4.69) is 20.7 Å². The van der Waals surface area contributed by atoms with Crippen molar-refractivity contribution in [3.05, 3.63) is 5.69 Å². The number of halogens is 4. The maximum Gasteiger partial charge on any atom is 0.355 e. The van der Waals surface area contributed by atoms with Gasteiger partial charge in [-0.2, -0.15) is 13.2 Å². The summed E-state index contributed by atoms with van der Waals surface area (Å²) in [5.41, 5.74) is 0.0906. The lowest BCUT2D eigenvalue weighted by Gasteiger charge is -2.08. The van der Waals surface area contributed by atoms with Gasteiger partial charge in [0.2, 0.25) is 5.06 Å². The maximum absolute atomic E-state index is 12.3. The minimum atomic E-state index is -4.08. The van der Waals surface area contributed by atoms with E-state index in [4.69, 9.17) is 10.7 Å². The molecule has 10 heteroatoms. The highest BCUT2D eigenvalue weighted by atomic mass is 35.7. The van der Waals surface area contributed by atoms with E-state index in [9.17, 15) is 17.2 Å². The van der Waals surface area contributed by atoms with Crippen LogP contribution in [0.3, 0.4) is 0 Å². The van der Waals surface area contributed by atoms with Crippen molar-refractivity contribution in [2.45, 2.75) is 17.2 Å². The molecule has 0 fully saturated rings. The summed E-state index contributed by atoms with van der Waals surface area (Å²) in [6.07, 6.45) is 0. The number of aryl methyl sites for hydroxylation is 1. The molecule has 0 atom stereocenters. The van der Waals surface area contributed by atoms with Crippen LogP contribution in [0.5, 0.6) is 5.06 Å². The van der Waals surface area contributed by atoms with E-state index in [0.29, 0.717) is 11.5 Å². The standard InChI is InChI=1S/C6H5Cl2F2NO3S2/c1-3-4(16(8,12)13)5(15-11-3)14-2-6(7,9)10/h2H2,1H3. The second-order valence-electron chi connectivity index (χ2n) is 2.73. The smallest absolute Gasteiger partial charge is 0.355 e. The summed E-state index contributed by atoms with van der Waals surface area (Å²) in [6.45, 7) is 0.215. The van der Waals surface area contributed by atoms with E-state index in [-0.39, 0.29) is 10.8 Å². The minimum Gasteiger partial charge on any atom is -0.474 e. The van der Waals surface area contributed by atoms with Gasteiger partial charge in [0.15, 0.2) is 11.5 Å². The Labute approximate surface area is 104 Å². The molecule has 0 aromatic carbocycles. The maximum atomic E-state index is 12.3. The molecule has 1 aromatic rings. The number of rotatable bonds is 4. The summed E-state index contributed by atoms with van der Waals surface area (Å²) in [5.74, 6) is 0. The van der Waals surface area contributed by atoms with Gasteiger partial charge in [0.25, 0.3) is 9.05 Å². The van der Waals surface area contributed by atoms with E-state index in [1.807, 2.05) is 0 Å². The zero-order valence-corrected chi connectivity index (χ0v) is 10.9. The van der Waals surface area contributed by atoms with Crippen LogP contribution in [0, 0.1) is 6.92 Å². The van der Waals surface area contributed by atoms with Crippen LogP contribution in [-0.2, 0) is 9.05 Å². The largest absolute Gasteiger partial charge is 0.474 e. The van der Waals surface area contributed by atoms with Crippen LogP contribution in [0.2, 0.25) is 0 Å². The lowest BCUT2D eigenvalue weighted by atomic mass is 10.5. The van der Waals surface area contributed by atoms with Crippen LogP contribution in [0.1, 0.15) is 5.69 Å². The normalized spacial score (nSPS) is 12.8. The molecule has 0 radical (unpaired) electrons.